The first-order chi connectivity index (χ1) is 13.8. The maximum atomic E-state index is 10.3. The van der Waals surface area contributed by atoms with Crippen molar-refractivity contribution >= 4 is 0 Å². The van der Waals surface area contributed by atoms with E-state index in [0.717, 1.165) is 25.1 Å². The Balaban J connectivity index is 1.53. The molecule has 28 heavy (non-hydrogen) atoms. The van der Waals surface area contributed by atoms with Crippen molar-refractivity contribution in [3.8, 4) is 17.2 Å². The molecule has 0 spiro atoms. The molecule has 5 heteroatoms. The van der Waals surface area contributed by atoms with Crippen LogP contribution in [0, 0.1) is 0 Å². The highest BCUT2D eigenvalue weighted by atomic mass is 16.6. The third kappa shape index (κ3) is 6.56. The second kappa shape index (κ2) is 11.5. The maximum Gasteiger partial charge on any atom is 0.203 e. The zero-order chi connectivity index (χ0) is 19.6. The van der Waals surface area contributed by atoms with Gasteiger partial charge in [0.1, 0.15) is 13.2 Å². The average molecular weight is 391 g/mol. The second-order valence-electron chi connectivity index (χ2n) is 8.27. The molecule has 2 aliphatic heterocycles. The standard InChI is InChI=1S/C23H38N2O3/c1-2-3-4-5-6-7-10-24-20(18-25-11-8-9-12-25)15-19-16-21(26)23-22(17-19)27-13-14-28-23/h16-17,20,24,26H,2-15,18H2,1H3/t20-/m0/s1. The van der Waals surface area contributed by atoms with E-state index in [-0.39, 0.29) is 5.75 Å². The van der Waals surface area contributed by atoms with Gasteiger partial charge in [-0.15, -0.1) is 0 Å². The van der Waals surface area contributed by atoms with Gasteiger partial charge in [0.15, 0.2) is 11.5 Å². The van der Waals surface area contributed by atoms with Crippen molar-refractivity contribution in [3.63, 3.8) is 0 Å². The fraction of sp³-hybridized carbons (Fsp3) is 0.739. The first-order valence-corrected chi connectivity index (χ1v) is 11.3. The molecule has 0 aromatic heterocycles. The number of rotatable bonds is 12. The summed E-state index contributed by atoms with van der Waals surface area (Å²) in [6.07, 6.45) is 11.5. The number of phenolic OH excluding ortho intramolecular Hbond substituents is 1. The van der Waals surface area contributed by atoms with Crippen molar-refractivity contribution in [2.75, 3.05) is 39.4 Å². The van der Waals surface area contributed by atoms with E-state index < -0.39 is 0 Å². The molecule has 1 atom stereocenters. The van der Waals surface area contributed by atoms with Gasteiger partial charge in [-0.3, -0.25) is 0 Å². The van der Waals surface area contributed by atoms with Crippen molar-refractivity contribution in [1.82, 2.24) is 10.2 Å². The molecule has 0 unspecified atom stereocenters. The molecule has 3 rings (SSSR count). The molecule has 0 saturated carbocycles. The Morgan fingerprint density at radius 2 is 1.79 bits per heavy atom. The smallest absolute Gasteiger partial charge is 0.203 e. The maximum absolute atomic E-state index is 10.3. The van der Waals surface area contributed by atoms with Crippen LogP contribution in [0.3, 0.4) is 0 Å². The van der Waals surface area contributed by atoms with E-state index >= 15 is 0 Å². The first kappa shape index (κ1) is 21.3. The van der Waals surface area contributed by atoms with Crippen LogP contribution in [0.5, 0.6) is 17.2 Å². The third-order valence-corrected chi connectivity index (χ3v) is 5.81. The lowest BCUT2D eigenvalue weighted by Gasteiger charge is -2.26. The molecule has 1 aromatic carbocycles. The molecule has 0 amide bonds. The summed E-state index contributed by atoms with van der Waals surface area (Å²) in [4.78, 5) is 2.57. The molecule has 1 fully saturated rings. The Labute approximate surface area is 170 Å². The largest absolute Gasteiger partial charge is 0.504 e. The molecule has 0 aliphatic carbocycles. The number of likely N-dealkylation sites (tertiary alicyclic amines) is 1. The van der Waals surface area contributed by atoms with Gasteiger partial charge in [0.2, 0.25) is 5.75 Å². The summed E-state index contributed by atoms with van der Waals surface area (Å²) < 4.78 is 11.2. The number of hydrogen-bond donors (Lipinski definition) is 2. The lowest BCUT2D eigenvalue weighted by atomic mass is 10.0. The van der Waals surface area contributed by atoms with Crippen LogP contribution in [-0.2, 0) is 6.42 Å². The van der Waals surface area contributed by atoms with Crippen LogP contribution >= 0.6 is 0 Å². The van der Waals surface area contributed by atoms with Crippen molar-refractivity contribution in [3.05, 3.63) is 17.7 Å². The van der Waals surface area contributed by atoms with Gasteiger partial charge in [0, 0.05) is 12.6 Å². The summed E-state index contributed by atoms with van der Waals surface area (Å²) in [6.45, 7) is 7.87. The van der Waals surface area contributed by atoms with Crippen LogP contribution in [0.2, 0.25) is 0 Å². The topological polar surface area (TPSA) is 54.0 Å². The van der Waals surface area contributed by atoms with Crippen LogP contribution in [0.4, 0.5) is 0 Å². The predicted molar refractivity (Wildman–Crippen MR) is 114 cm³/mol. The molecule has 5 nitrogen and oxygen atoms in total. The minimum absolute atomic E-state index is 0.197. The second-order valence-corrected chi connectivity index (χ2v) is 8.27. The van der Waals surface area contributed by atoms with Gasteiger partial charge in [0.25, 0.3) is 0 Å². The highest BCUT2D eigenvalue weighted by Crippen LogP contribution is 2.39. The monoisotopic (exact) mass is 390 g/mol. The highest BCUT2D eigenvalue weighted by Gasteiger charge is 2.21. The first-order valence-electron chi connectivity index (χ1n) is 11.3. The van der Waals surface area contributed by atoms with Crippen LogP contribution in [0.15, 0.2) is 12.1 Å². The Morgan fingerprint density at radius 1 is 1.04 bits per heavy atom. The number of phenols is 1. The summed E-state index contributed by atoms with van der Waals surface area (Å²) in [5.41, 5.74) is 1.11. The Bertz CT molecular complexity index is 587. The zero-order valence-corrected chi connectivity index (χ0v) is 17.5. The molecule has 158 valence electrons. The van der Waals surface area contributed by atoms with Gasteiger partial charge < -0.3 is 24.8 Å². The van der Waals surface area contributed by atoms with E-state index in [1.54, 1.807) is 0 Å². The molecule has 1 aromatic rings. The lowest BCUT2D eigenvalue weighted by molar-refractivity contribution is 0.165. The molecule has 1 saturated heterocycles. The van der Waals surface area contributed by atoms with Crippen LogP contribution in [-0.4, -0.2) is 55.4 Å². The molecule has 2 N–H and O–H groups in total. The number of nitrogens with one attached hydrogen (secondary N) is 1. The fourth-order valence-corrected chi connectivity index (χ4v) is 4.28. The van der Waals surface area contributed by atoms with E-state index in [2.05, 4.69) is 17.1 Å². The predicted octanol–water partition coefficient (Wildman–Crippen LogP) is 4.12. The lowest BCUT2D eigenvalue weighted by Crippen LogP contribution is -2.42. The van der Waals surface area contributed by atoms with Crippen molar-refractivity contribution in [1.29, 1.82) is 0 Å². The van der Waals surface area contributed by atoms with E-state index in [0.29, 0.717) is 30.8 Å². The van der Waals surface area contributed by atoms with E-state index in [1.165, 1.54) is 64.5 Å². The van der Waals surface area contributed by atoms with Gasteiger partial charge in [0.05, 0.1) is 0 Å². The minimum Gasteiger partial charge on any atom is -0.504 e. The summed E-state index contributed by atoms with van der Waals surface area (Å²) in [6, 6.07) is 4.28. The van der Waals surface area contributed by atoms with E-state index in [4.69, 9.17) is 9.47 Å². The SMILES string of the molecule is CCCCCCCCN[C@@H](Cc1cc(O)c2c(c1)OCCO2)CN1CCCC1. The van der Waals surface area contributed by atoms with Gasteiger partial charge in [-0.25, -0.2) is 0 Å². The highest BCUT2D eigenvalue weighted by molar-refractivity contribution is 5.53. The summed E-state index contributed by atoms with van der Waals surface area (Å²) >= 11 is 0. The quantitative estimate of drug-likeness (QED) is 0.526. The number of ether oxygens (including phenoxy) is 2. The molecule has 2 heterocycles. The third-order valence-electron chi connectivity index (χ3n) is 5.81. The Hall–Kier alpha value is -1.46. The molecule has 2 aliphatic rings. The number of benzene rings is 1. The zero-order valence-electron chi connectivity index (χ0n) is 17.5. The fourth-order valence-electron chi connectivity index (χ4n) is 4.28. The van der Waals surface area contributed by atoms with Gasteiger partial charge in [-0.05, 0) is 63.0 Å². The normalized spacial score (nSPS) is 17.8. The van der Waals surface area contributed by atoms with Crippen molar-refractivity contribution in [2.24, 2.45) is 0 Å². The van der Waals surface area contributed by atoms with Gasteiger partial charge in [-0.2, -0.15) is 0 Å². The molecular weight excluding hydrogens is 352 g/mol. The number of fused-ring (bicyclic) bond motifs is 1. The molecular formula is C23H38N2O3. The molecule has 0 bridgehead atoms. The van der Waals surface area contributed by atoms with Crippen molar-refractivity contribution < 1.29 is 14.6 Å². The molecule has 0 radical (unpaired) electrons. The van der Waals surface area contributed by atoms with E-state index in [1.807, 2.05) is 12.1 Å². The van der Waals surface area contributed by atoms with Crippen molar-refractivity contribution in [2.45, 2.75) is 70.8 Å². The summed E-state index contributed by atoms with van der Waals surface area (Å²) in [5, 5.41) is 14.1. The van der Waals surface area contributed by atoms with Crippen LogP contribution in [0.25, 0.3) is 0 Å². The number of hydrogen-bond acceptors (Lipinski definition) is 5. The minimum atomic E-state index is 0.197. The van der Waals surface area contributed by atoms with E-state index in [9.17, 15) is 5.11 Å². The average Bonchev–Trinajstić information content (AvgIpc) is 3.20. The van der Waals surface area contributed by atoms with Gasteiger partial charge in [-0.1, -0.05) is 39.0 Å². The van der Waals surface area contributed by atoms with Gasteiger partial charge >= 0.3 is 0 Å². The number of aromatic hydroxyl groups is 1. The summed E-state index contributed by atoms with van der Waals surface area (Å²) in [5.74, 6) is 1.37. The Morgan fingerprint density at radius 3 is 2.61 bits per heavy atom. The number of nitrogens with zero attached hydrogens (tertiary/aromatic N) is 1. The summed E-state index contributed by atoms with van der Waals surface area (Å²) in [7, 11) is 0. The van der Waals surface area contributed by atoms with Crippen LogP contribution in [0.1, 0.15) is 63.9 Å². The number of unbranched alkanes of at least 4 members (excludes halogenated alkanes) is 5. The Kier molecular flexibility index (Phi) is 8.74. The van der Waals surface area contributed by atoms with Crippen LogP contribution < -0.4 is 14.8 Å².